The number of benzene rings is 1. The van der Waals surface area contributed by atoms with Gasteiger partial charge in [-0.2, -0.15) is 5.10 Å². The molecule has 0 bridgehead atoms. The van der Waals surface area contributed by atoms with Gasteiger partial charge in [-0.15, -0.1) is 0 Å². The van der Waals surface area contributed by atoms with Crippen molar-refractivity contribution < 1.29 is 9.90 Å². The van der Waals surface area contributed by atoms with Crippen molar-refractivity contribution in [1.29, 1.82) is 0 Å². The first-order valence-electron chi connectivity index (χ1n) is 7.14. The zero-order valence-electron chi connectivity index (χ0n) is 12.8. The molecule has 2 rings (SSSR count). The van der Waals surface area contributed by atoms with Gasteiger partial charge in [0.2, 0.25) is 5.91 Å². The van der Waals surface area contributed by atoms with Crippen molar-refractivity contribution in [2.75, 3.05) is 0 Å². The lowest BCUT2D eigenvalue weighted by molar-refractivity contribution is -0.123. The number of carbonyl (C=O) groups excluding carboxylic acids is 1. The van der Waals surface area contributed by atoms with Gasteiger partial charge in [0.15, 0.2) is 0 Å². The number of rotatable bonds is 4. The Morgan fingerprint density at radius 1 is 1.41 bits per heavy atom. The number of hydrogen-bond acceptors (Lipinski definition) is 4. The number of aromatic hydroxyl groups is 1. The molecule has 0 saturated carbocycles. The van der Waals surface area contributed by atoms with Gasteiger partial charge in [-0.25, -0.2) is 5.43 Å². The Labute approximate surface area is 128 Å². The number of fused-ring (bicyclic) bond motifs is 1. The minimum Gasteiger partial charge on any atom is -0.506 e. The molecule has 1 aromatic heterocycles. The van der Waals surface area contributed by atoms with Crippen molar-refractivity contribution in [1.82, 2.24) is 9.99 Å². The average Bonchev–Trinajstić information content (AvgIpc) is 2.50. The highest BCUT2D eigenvalue weighted by Gasteiger charge is 2.14. The molecule has 0 atom stereocenters. The van der Waals surface area contributed by atoms with Crippen molar-refractivity contribution in [2.24, 2.45) is 11.0 Å². The number of hydrogen-bond donors (Lipinski definition) is 2. The van der Waals surface area contributed by atoms with E-state index >= 15 is 0 Å². The third kappa shape index (κ3) is 2.86. The van der Waals surface area contributed by atoms with E-state index in [1.165, 1.54) is 6.21 Å². The van der Waals surface area contributed by atoms with Gasteiger partial charge >= 0.3 is 0 Å². The van der Waals surface area contributed by atoms with Gasteiger partial charge in [-0.05, 0) is 19.1 Å². The number of amides is 1. The highest BCUT2D eigenvalue weighted by molar-refractivity contribution is 5.95. The van der Waals surface area contributed by atoms with E-state index in [4.69, 9.17) is 0 Å². The Hall–Kier alpha value is -2.63. The Morgan fingerprint density at radius 2 is 2.09 bits per heavy atom. The van der Waals surface area contributed by atoms with E-state index in [2.05, 4.69) is 10.5 Å². The molecule has 0 fully saturated rings. The normalized spacial score (nSPS) is 11.5. The van der Waals surface area contributed by atoms with Crippen molar-refractivity contribution in [2.45, 2.75) is 27.3 Å². The van der Waals surface area contributed by atoms with E-state index < -0.39 is 0 Å². The summed E-state index contributed by atoms with van der Waals surface area (Å²) in [7, 11) is 0. The highest BCUT2D eigenvalue weighted by atomic mass is 16.3. The number of nitrogens with one attached hydrogen (secondary N) is 1. The third-order valence-electron chi connectivity index (χ3n) is 3.39. The van der Waals surface area contributed by atoms with Crippen LogP contribution < -0.4 is 11.0 Å². The van der Waals surface area contributed by atoms with Crippen LogP contribution in [0.1, 0.15) is 26.3 Å². The number of aryl methyl sites for hydroxylation is 1. The maximum atomic E-state index is 12.4. The summed E-state index contributed by atoms with van der Waals surface area (Å²) >= 11 is 0. The maximum absolute atomic E-state index is 12.4. The summed E-state index contributed by atoms with van der Waals surface area (Å²) < 4.78 is 1.56. The summed E-state index contributed by atoms with van der Waals surface area (Å²) in [5, 5.41) is 14.6. The van der Waals surface area contributed by atoms with E-state index in [1.54, 1.807) is 36.6 Å². The summed E-state index contributed by atoms with van der Waals surface area (Å²) in [5.74, 6) is -0.602. The van der Waals surface area contributed by atoms with Gasteiger partial charge in [0.05, 0.1) is 11.7 Å². The number of aromatic nitrogens is 1. The summed E-state index contributed by atoms with van der Waals surface area (Å²) in [6.45, 7) is 5.80. The second kappa shape index (κ2) is 6.43. The molecule has 0 saturated heterocycles. The molecule has 22 heavy (non-hydrogen) atoms. The maximum Gasteiger partial charge on any atom is 0.263 e. The fourth-order valence-electron chi connectivity index (χ4n) is 2.13. The van der Waals surface area contributed by atoms with Gasteiger partial charge in [-0.1, -0.05) is 26.0 Å². The lowest BCUT2D eigenvalue weighted by Crippen LogP contribution is -2.26. The van der Waals surface area contributed by atoms with Gasteiger partial charge in [-0.3, -0.25) is 9.59 Å². The summed E-state index contributed by atoms with van der Waals surface area (Å²) in [6, 6.07) is 7.11. The molecule has 0 aliphatic heterocycles. The first-order valence-corrected chi connectivity index (χ1v) is 7.14. The first kappa shape index (κ1) is 15.8. The largest absolute Gasteiger partial charge is 0.506 e. The van der Waals surface area contributed by atoms with Crippen molar-refractivity contribution >= 4 is 23.0 Å². The van der Waals surface area contributed by atoms with Gasteiger partial charge < -0.3 is 9.67 Å². The number of nitrogens with zero attached hydrogens (tertiary/aromatic N) is 2. The molecular formula is C16H19N3O3. The molecule has 0 spiro atoms. The van der Waals surface area contributed by atoms with Crippen molar-refractivity contribution in [3.63, 3.8) is 0 Å². The third-order valence-corrected chi connectivity index (χ3v) is 3.39. The predicted octanol–water partition coefficient (Wildman–Crippen LogP) is 1.83. The van der Waals surface area contributed by atoms with Gasteiger partial charge in [0.1, 0.15) is 11.3 Å². The van der Waals surface area contributed by atoms with Crippen LogP contribution in [0.2, 0.25) is 0 Å². The van der Waals surface area contributed by atoms with Crippen molar-refractivity contribution in [3.05, 3.63) is 40.2 Å². The van der Waals surface area contributed by atoms with Gasteiger partial charge in [0, 0.05) is 17.8 Å². The highest BCUT2D eigenvalue weighted by Crippen LogP contribution is 2.25. The monoisotopic (exact) mass is 301 g/mol. The molecule has 6 nitrogen and oxygen atoms in total. The second-order valence-electron chi connectivity index (χ2n) is 5.22. The Bertz CT molecular complexity index is 791. The Balaban J connectivity index is 2.53. The van der Waals surface area contributed by atoms with Crippen LogP contribution in [0.5, 0.6) is 5.75 Å². The zero-order chi connectivity index (χ0) is 16.3. The summed E-state index contributed by atoms with van der Waals surface area (Å²) in [4.78, 5) is 23.9. The van der Waals surface area contributed by atoms with Crippen LogP contribution in [0.3, 0.4) is 0 Å². The van der Waals surface area contributed by atoms with Crippen LogP contribution in [0.25, 0.3) is 10.9 Å². The standard InChI is InChI=1S/C16H19N3O3/c1-4-19-13-8-6-5-7-11(13)14(20)12(16(19)22)9-17-18-15(21)10(2)3/h5-10,20H,4H2,1-3H3,(H,18,21)/b17-9+. The number of para-hydroxylation sites is 1. The van der Waals surface area contributed by atoms with E-state index in [-0.39, 0.29) is 28.7 Å². The molecule has 0 unspecified atom stereocenters. The average molecular weight is 301 g/mol. The van der Waals surface area contributed by atoms with Crippen molar-refractivity contribution in [3.8, 4) is 5.75 Å². The smallest absolute Gasteiger partial charge is 0.263 e. The Morgan fingerprint density at radius 3 is 2.73 bits per heavy atom. The van der Waals surface area contributed by atoms with Crippen LogP contribution >= 0.6 is 0 Å². The first-order chi connectivity index (χ1) is 10.5. The topological polar surface area (TPSA) is 83.7 Å². The minimum atomic E-state index is -0.346. The van der Waals surface area contributed by atoms with E-state index in [0.29, 0.717) is 17.4 Å². The predicted molar refractivity (Wildman–Crippen MR) is 86.1 cm³/mol. The fraction of sp³-hybridized carbons (Fsp3) is 0.312. The fourth-order valence-corrected chi connectivity index (χ4v) is 2.13. The van der Waals surface area contributed by atoms with E-state index in [9.17, 15) is 14.7 Å². The molecule has 116 valence electrons. The number of carbonyl (C=O) groups is 1. The molecule has 0 radical (unpaired) electrons. The molecule has 6 heteroatoms. The quantitative estimate of drug-likeness (QED) is 0.667. The molecule has 2 aromatic rings. The SMILES string of the molecule is CCn1c(=O)c(/C=N/NC(=O)C(C)C)c(O)c2ccccc21. The molecule has 1 amide bonds. The molecule has 1 aromatic carbocycles. The molecule has 0 aliphatic carbocycles. The Kier molecular flexibility index (Phi) is 4.60. The molecule has 0 aliphatic rings. The summed E-state index contributed by atoms with van der Waals surface area (Å²) in [6.07, 6.45) is 1.19. The summed E-state index contributed by atoms with van der Waals surface area (Å²) in [5.41, 5.74) is 2.72. The van der Waals surface area contributed by atoms with Gasteiger partial charge in [0.25, 0.3) is 5.56 Å². The van der Waals surface area contributed by atoms with E-state index in [0.717, 1.165) is 0 Å². The zero-order valence-corrected chi connectivity index (χ0v) is 12.8. The number of hydrazone groups is 1. The van der Waals surface area contributed by atoms with Crippen LogP contribution in [0, 0.1) is 5.92 Å². The molecule has 1 heterocycles. The minimum absolute atomic E-state index is 0.0598. The molecular weight excluding hydrogens is 282 g/mol. The van der Waals surface area contributed by atoms with Crippen LogP contribution in [-0.2, 0) is 11.3 Å². The van der Waals surface area contributed by atoms with Crippen LogP contribution in [-0.4, -0.2) is 21.8 Å². The lowest BCUT2D eigenvalue weighted by atomic mass is 10.1. The van der Waals surface area contributed by atoms with Crippen LogP contribution in [0.15, 0.2) is 34.2 Å². The van der Waals surface area contributed by atoms with Crippen LogP contribution in [0.4, 0.5) is 0 Å². The molecule has 2 N–H and O–H groups in total. The van der Waals surface area contributed by atoms with E-state index in [1.807, 2.05) is 13.0 Å². The number of pyridine rings is 1. The second-order valence-corrected chi connectivity index (χ2v) is 5.22. The lowest BCUT2D eigenvalue weighted by Gasteiger charge is -2.11.